The third-order valence-electron chi connectivity index (χ3n) is 5.19. The van der Waals surface area contributed by atoms with Gasteiger partial charge in [0.1, 0.15) is 18.1 Å². The number of benzene rings is 3. The Balaban J connectivity index is 1.46. The minimum atomic E-state index is -4.70. The summed E-state index contributed by atoms with van der Waals surface area (Å²) in [5, 5.41) is 3.31. The van der Waals surface area contributed by atoms with E-state index in [1.807, 2.05) is 67.7 Å². The minimum absolute atomic E-state index is 0.0592. The van der Waals surface area contributed by atoms with Gasteiger partial charge in [-0.25, -0.2) is 0 Å². The van der Waals surface area contributed by atoms with Crippen LogP contribution in [0.3, 0.4) is 0 Å². The van der Waals surface area contributed by atoms with Crippen LogP contribution in [0.2, 0.25) is 0 Å². The van der Waals surface area contributed by atoms with Gasteiger partial charge in [-0.15, -0.1) is 13.2 Å². The maximum atomic E-state index is 12.3. The number of hydrogen-bond acceptors (Lipinski definition) is 3. The van der Waals surface area contributed by atoms with E-state index in [2.05, 4.69) is 16.1 Å². The summed E-state index contributed by atoms with van der Waals surface area (Å²) >= 11 is 0. The topological polar surface area (TPSA) is 30.5 Å². The lowest BCUT2D eigenvalue weighted by atomic mass is 10.00. The Labute approximate surface area is 184 Å². The molecule has 0 saturated carbocycles. The highest BCUT2D eigenvalue weighted by Crippen LogP contribution is 2.30. The van der Waals surface area contributed by atoms with Gasteiger partial charge >= 0.3 is 6.36 Å². The molecule has 1 unspecified atom stereocenters. The van der Waals surface area contributed by atoms with Gasteiger partial charge in [0.05, 0.1) is 6.04 Å². The fraction of sp³-hybridized carbons (Fsp3) is 0.154. The molecular formula is C26H22F3NO2. The van der Waals surface area contributed by atoms with Crippen molar-refractivity contribution in [3.63, 3.8) is 0 Å². The highest BCUT2D eigenvalue weighted by molar-refractivity contribution is 5.65. The number of nitrogens with one attached hydrogen (secondary N) is 1. The SMILES string of the molecule is Cc1cc(-c2ccc(OC(F)(F)F)cc2)ccc1COc1ccccc1C1C=CC=CN1. The Morgan fingerprint density at radius 3 is 2.34 bits per heavy atom. The number of dihydropyridines is 1. The second-order valence-corrected chi connectivity index (χ2v) is 7.43. The molecule has 3 aromatic carbocycles. The summed E-state index contributed by atoms with van der Waals surface area (Å²) in [4.78, 5) is 0. The van der Waals surface area contributed by atoms with Crippen LogP contribution in [0.25, 0.3) is 11.1 Å². The quantitative estimate of drug-likeness (QED) is 0.457. The maximum absolute atomic E-state index is 12.3. The first-order valence-corrected chi connectivity index (χ1v) is 10.2. The van der Waals surface area contributed by atoms with Crippen molar-refractivity contribution in [2.75, 3.05) is 0 Å². The van der Waals surface area contributed by atoms with Crippen LogP contribution in [0.5, 0.6) is 11.5 Å². The fourth-order valence-electron chi connectivity index (χ4n) is 3.55. The molecule has 1 aliphatic heterocycles. The predicted octanol–water partition coefficient (Wildman–Crippen LogP) is 6.85. The van der Waals surface area contributed by atoms with Crippen molar-refractivity contribution in [1.82, 2.24) is 5.32 Å². The van der Waals surface area contributed by atoms with Crippen molar-refractivity contribution in [3.8, 4) is 22.6 Å². The van der Waals surface area contributed by atoms with E-state index in [1.165, 1.54) is 12.1 Å². The summed E-state index contributed by atoms with van der Waals surface area (Å²) in [7, 11) is 0. The first-order chi connectivity index (χ1) is 15.4. The number of halogens is 3. The van der Waals surface area contributed by atoms with Gasteiger partial charge in [-0.1, -0.05) is 60.7 Å². The van der Waals surface area contributed by atoms with Gasteiger partial charge in [-0.3, -0.25) is 0 Å². The highest BCUT2D eigenvalue weighted by Gasteiger charge is 2.30. The van der Waals surface area contributed by atoms with Crippen LogP contribution in [0.15, 0.2) is 91.2 Å². The van der Waals surface area contributed by atoms with Crippen LogP contribution in [-0.2, 0) is 6.61 Å². The summed E-state index contributed by atoms with van der Waals surface area (Å²) < 4.78 is 47.1. The number of alkyl halides is 3. The maximum Gasteiger partial charge on any atom is 0.573 e. The van der Waals surface area contributed by atoms with Crippen molar-refractivity contribution in [1.29, 1.82) is 0 Å². The molecule has 1 heterocycles. The molecule has 164 valence electrons. The van der Waals surface area contributed by atoms with Crippen LogP contribution < -0.4 is 14.8 Å². The number of ether oxygens (including phenoxy) is 2. The van der Waals surface area contributed by atoms with E-state index in [0.717, 1.165) is 33.6 Å². The van der Waals surface area contributed by atoms with Crippen LogP contribution in [-0.4, -0.2) is 6.36 Å². The molecule has 4 rings (SSSR count). The van der Waals surface area contributed by atoms with Gasteiger partial charge < -0.3 is 14.8 Å². The molecule has 32 heavy (non-hydrogen) atoms. The lowest BCUT2D eigenvalue weighted by Crippen LogP contribution is -2.16. The van der Waals surface area contributed by atoms with Gasteiger partial charge in [-0.05, 0) is 59.7 Å². The van der Waals surface area contributed by atoms with Gasteiger partial charge in [-0.2, -0.15) is 0 Å². The standard InChI is InChI=1S/C26H22F3NO2/c1-18-16-20(19-11-13-22(14-12-19)32-26(27,28)29)9-10-21(18)17-31-25-8-3-2-6-23(25)24-7-4-5-15-30-24/h2-16,24,30H,17H2,1H3. The molecule has 0 amide bonds. The highest BCUT2D eigenvalue weighted by atomic mass is 19.4. The lowest BCUT2D eigenvalue weighted by molar-refractivity contribution is -0.274. The van der Waals surface area contributed by atoms with Crippen LogP contribution in [0, 0.1) is 6.92 Å². The molecule has 6 heteroatoms. The Morgan fingerprint density at radius 2 is 1.66 bits per heavy atom. The third kappa shape index (κ3) is 5.32. The van der Waals surface area contributed by atoms with Crippen LogP contribution in [0.4, 0.5) is 13.2 Å². The first kappa shape index (κ1) is 21.6. The molecule has 0 bridgehead atoms. The molecule has 0 aromatic heterocycles. The molecule has 1 N–H and O–H groups in total. The summed E-state index contributed by atoms with van der Waals surface area (Å²) in [6.07, 6.45) is 3.24. The normalized spacial score (nSPS) is 15.3. The number of hydrogen-bond donors (Lipinski definition) is 1. The van der Waals surface area contributed by atoms with Gasteiger partial charge in [0.15, 0.2) is 0 Å². The molecule has 3 nitrogen and oxygen atoms in total. The number of aryl methyl sites for hydroxylation is 1. The van der Waals surface area contributed by atoms with E-state index in [9.17, 15) is 13.2 Å². The monoisotopic (exact) mass is 437 g/mol. The molecule has 1 aliphatic rings. The Kier molecular flexibility index (Phi) is 6.21. The van der Waals surface area contributed by atoms with E-state index in [4.69, 9.17) is 4.74 Å². The smallest absolute Gasteiger partial charge is 0.489 e. The summed E-state index contributed by atoms with van der Waals surface area (Å²) in [6, 6.07) is 19.8. The molecule has 0 spiro atoms. The molecule has 1 atom stereocenters. The zero-order valence-electron chi connectivity index (χ0n) is 17.4. The van der Waals surface area contributed by atoms with E-state index < -0.39 is 6.36 Å². The molecule has 3 aromatic rings. The zero-order chi connectivity index (χ0) is 22.6. The second kappa shape index (κ2) is 9.22. The fourth-order valence-corrected chi connectivity index (χ4v) is 3.55. The number of allylic oxidation sites excluding steroid dienone is 2. The Morgan fingerprint density at radius 1 is 0.906 bits per heavy atom. The largest absolute Gasteiger partial charge is 0.573 e. The third-order valence-corrected chi connectivity index (χ3v) is 5.19. The molecule has 0 radical (unpaired) electrons. The van der Waals surface area contributed by atoms with Gasteiger partial charge in [0.25, 0.3) is 0 Å². The van der Waals surface area contributed by atoms with Crippen molar-refractivity contribution in [2.24, 2.45) is 0 Å². The van der Waals surface area contributed by atoms with Crippen molar-refractivity contribution < 1.29 is 22.6 Å². The van der Waals surface area contributed by atoms with Crippen molar-refractivity contribution in [3.05, 3.63) is 108 Å². The minimum Gasteiger partial charge on any atom is -0.489 e. The van der Waals surface area contributed by atoms with E-state index in [0.29, 0.717) is 6.61 Å². The second-order valence-electron chi connectivity index (χ2n) is 7.43. The van der Waals surface area contributed by atoms with E-state index >= 15 is 0 Å². The lowest BCUT2D eigenvalue weighted by Gasteiger charge is -2.20. The molecular weight excluding hydrogens is 415 g/mol. The average Bonchev–Trinajstić information content (AvgIpc) is 2.78. The Bertz CT molecular complexity index is 1130. The van der Waals surface area contributed by atoms with Crippen molar-refractivity contribution in [2.45, 2.75) is 25.9 Å². The number of para-hydroxylation sites is 1. The Hall–Kier alpha value is -3.67. The van der Waals surface area contributed by atoms with Crippen LogP contribution in [0.1, 0.15) is 22.7 Å². The summed E-state index contributed by atoms with van der Waals surface area (Å²) in [6.45, 7) is 2.40. The average molecular weight is 437 g/mol. The number of rotatable bonds is 6. The summed E-state index contributed by atoms with van der Waals surface area (Å²) in [5.74, 6) is 0.577. The van der Waals surface area contributed by atoms with Crippen molar-refractivity contribution >= 4 is 0 Å². The van der Waals surface area contributed by atoms with Crippen LogP contribution >= 0.6 is 0 Å². The van der Waals surface area contributed by atoms with Gasteiger partial charge in [0.2, 0.25) is 0 Å². The van der Waals surface area contributed by atoms with E-state index in [-0.39, 0.29) is 11.8 Å². The summed E-state index contributed by atoms with van der Waals surface area (Å²) in [5.41, 5.74) is 4.85. The molecule has 0 saturated heterocycles. The van der Waals surface area contributed by atoms with Gasteiger partial charge in [0, 0.05) is 5.56 Å². The molecule has 0 fully saturated rings. The first-order valence-electron chi connectivity index (χ1n) is 10.2. The molecule has 0 aliphatic carbocycles. The predicted molar refractivity (Wildman–Crippen MR) is 118 cm³/mol. The van der Waals surface area contributed by atoms with E-state index in [1.54, 1.807) is 12.1 Å². The zero-order valence-corrected chi connectivity index (χ0v) is 17.4.